The lowest BCUT2D eigenvalue weighted by atomic mass is 9.96. The van der Waals surface area contributed by atoms with Gasteiger partial charge in [-0.2, -0.15) is 0 Å². The molecule has 2 atom stereocenters. The van der Waals surface area contributed by atoms with Crippen molar-refractivity contribution in [2.45, 2.75) is 52.5 Å². The molecule has 0 bridgehead atoms. The second kappa shape index (κ2) is 7.78. The van der Waals surface area contributed by atoms with Gasteiger partial charge in [0.2, 0.25) is 0 Å². The van der Waals surface area contributed by atoms with Gasteiger partial charge in [0.25, 0.3) is 0 Å². The summed E-state index contributed by atoms with van der Waals surface area (Å²) in [5, 5.41) is 4.01. The second-order valence-corrected chi connectivity index (χ2v) is 5.15. The van der Waals surface area contributed by atoms with Crippen LogP contribution >= 0.6 is 11.6 Å². The van der Waals surface area contributed by atoms with Gasteiger partial charge < -0.3 is 9.73 Å². The quantitative estimate of drug-likeness (QED) is 0.724. The van der Waals surface area contributed by atoms with Gasteiger partial charge in [-0.15, -0.1) is 0 Å². The number of hydrogen-bond donors (Lipinski definition) is 1. The molecule has 98 valence electrons. The molecule has 0 spiro atoms. The van der Waals surface area contributed by atoms with E-state index in [0.717, 1.165) is 25.1 Å². The van der Waals surface area contributed by atoms with Gasteiger partial charge in [-0.25, -0.2) is 0 Å². The van der Waals surface area contributed by atoms with Gasteiger partial charge in [0, 0.05) is 0 Å². The Morgan fingerprint density at radius 2 is 2.06 bits per heavy atom. The zero-order valence-corrected chi connectivity index (χ0v) is 11.9. The average Bonchev–Trinajstić information content (AvgIpc) is 2.71. The van der Waals surface area contributed by atoms with E-state index in [2.05, 4.69) is 26.1 Å². The highest BCUT2D eigenvalue weighted by atomic mass is 35.5. The van der Waals surface area contributed by atoms with Crippen molar-refractivity contribution in [1.29, 1.82) is 0 Å². The van der Waals surface area contributed by atoms with E-state index in [1.807, 2.05) is 12.1 Å². The molecule has 0 amide bonds. The molecule has 0 aliphatic rings. The summed E-state index contributed by atoms with van der Waals surface area (Å²) in [7, 11) is 0. The molecule has 0 aliphatic heterocycles. The lowest BCUT2D eigenvalue weighted by Gasteiger charge is -2.20. The van der Waals surface area contributed by atoms with Crippen molar-refractivity contribution >= 4 is 11.6 Å². The largest absolute Gasteiger partial charge is 0.448 e. The highest BCUT2D eigenvalue weighted by molar-refractivity contribution is 6.28. The van der Waals surface area contributed by atoms with Crippen LogP contribution in [-0.4, -0.2) is 6.54 Å². The molecule has 1 aromatic heterocycles. The predicted octanol–water partition coefficient (Wildman–Crippen LogP) is 4.80. The van der Waals surface area contributed by atoms with E-state index in [9.17, 15) is 0 Å². The van der Waals surface area contributed by atoms with E-state index in [1.54, 1.807) is 0 Å². The van der Waals surface area contributed by atoms with Crippen molar-refractivity contribution < 1.29 is 4.42 Å². The fourth-order valence-electron chi connectivity index (χ4n) is 2.15. The van der Waals surface area contributed by atoms with Crippen LogP contribution in [0.25, 0.3) is 0 Å². The number of furan rings is 1. The Bertz CT molecular complexity index is 311. The first-order valence-electron chi connectivity index (χ1n) is 6.66. The molecule has 2 unspecified atom stereocenters. The van der Waals surface area contributed by atoms with Crippen LogP contribution in [0.2, 0.25) is 5.22 Å². The van der Waals surface area contributed by atoms with Crippen molar-refractivity contribution in [2.24, 2.45) is 5.92 Å². The molecule has 0 fully saturated rings. The van der Waals surface area contributed by atoms with Crippen LogP contribution in [0.3, 0.4) is 0 Å². The van der Waals surface area contributed by atoms with E-state index in [4.69, 9.17) is 16.0 Å². The smallest absolute Gasteiger partial charge is 0.193 e. The summed E-state index contributed by atoms with van der Waals surface area (Å²) < 4.78 is 5.52. The van der Waals surface area contributed by atoms with Crippen molar-refractivity contribution in [1.82, 2.24) is 5.32 Å². The topological polar surface area (TPSA) is 25.2 Å². The Kier molecular flexibility index (Phi) is 6.68. The monoisotopic (exact) mass is 257 g/mol. The van der Waals surface area contributed by atoms with Crippen LogP contribution in [0.1, 0.15) is 58.3 Å². The maximum Gasteiger partial charge on any atom is 0.193 e. The molecule has 0 aromatic carbocycles. The highest BCUT2D eigenvalue weighted by Gasteiger charge is 2.17. The van der Waals surface area contributed by atoms with Crippen molar-refractivity contribution in [3.8, 4) is 0 Å². The van der Waals surface area contributed by atoms with Gasteiger partial charge in [0.15, 0.2) is 5.22 Å². The summed E-state index contributed by atoms with van der Waals surface area (Å²) in [5.74, 6) is 1.67. The van der Waals surface area contributed by atoms with E-state index in [1.165, 1.54) is 12.8 Å². The van der Waals surface area contributed by atoms with Crippen LogP contribution in [0.4, 0.5) is 0 Å². The number of hydrogen-bond acceptors (Lipinski definition) is 2. The molecule has 1 rings (SSSR count). The first kappa shape index (κ1) is 14.6. The van der Waals surface area contributed by atoms with Gasteiger partial charge in [0.1, 0.15) is 5.76 Å². The Hall–Kier alpha value is -0.470. The first-order chi connectivity index (χ1) is 8.17. The predicted molar refractivity (Wildman–Crippen MR) is 73.4 cm³/mol. The maximum atomic E-state index is 5.84. The minimum absolute atomic E-state index is 0.295. The summed E-state index contributed by atoms with van der Waals surface area (Å²) >= 11 is 5.84. The van der Waals surface area contributed by atoms with E-state index >= 15 is 0 Å². The molecule has 0 aliphatic carbocycles. The van der Waals surface area contributed by atoms with Gasteiger partial charge in [0.05, 0.1) is 6.04 Å². The summed E-state index contributed by atoms with van der Waals surface area (Å²) in [6.45, 7) is 7.72. The summed E-state index contributed by atoms with van der Waals surface area (Å²) in [6, 6.07) is 4.10. The van der Waals surface area contributed by atoms with Crippen LogP contribution in [0.15, 0.2) is 16.5 Å². The molecule has 0 saturated carbocycles. The second-order valence-electron chi connectivity index (χ2n) is 4.78. The molecule has 2 nitrogen and oxygen atoms in total. The minimum Gasteiger partial charge on any atom is -0.448 e. The summed E-state index contributed by atoms with van der Waals surface area (Å²) in [5.41, 5.74) is 0. The Labute approximate surface area is 110 Å². The third-order valence-corrected chi connectivity index (χ3v) is 3.20. The first-order valence-corrected chi connectivity index (χ1v) is 7.03. The van der Waals surface area contributed by atoms with Crippen LogP contribution in [0, 0.1) is 5.92 Å². The molecular formula is C14H24ClNO. The van der Waals surface area contributed by atoms with Crippen molar-refractivity contribution in [2.75, 3.05) is 6.54 Å². The number of rotatable bonds is 8. The Morgan fingerprint density at radius 1 is 1.29 bits per heavy atom. The highest BCUT2D eigenvalue weighted by Crippen LogP contribution is 2.27. The molecule has 1 aromatic rings. The van der Waals surface area contributed by atoms with Crippen molar-refractivity contribution in [3.05, 3.63) is 23.1 Å². The zero-order chi connectivity index (χ0) is 12.7. The zero-order valence-electron chi connectivity index (χ0n) is 11.1. The molecule has 1 heterocycles. The van der Waals surface area contributed by atoms with E-state index in [-0.39, 0.29) is 0 Å². The van der Waals surface area contributed by atoms with Gasteiger partial charge in [-0.05, 0) is 49.0 Å². The molecule has 0 saturated heterocycles. The Morgan fingerprint density at radius 3 is 2.59 bits per heavy atom. The molecule has 0 radical (unpaired) electrons. The van der Waals surface area contributed by atoms with E-state index in [0.29, 0.717) is 17.2 Å². The van der Waals surface area contributed by atoms with Crippen LogP contribution < -0.4 is 5.32 Å². The van der Waals surface area contributed by atoms with E-state index < -0.39 is 0 Å². The molecule has 17 heavy (non-hydrogen) atoms. The summed E-state index contributed by atoms with van der Waals surface area (Å²) in [6.07, 6.45) is 4.74. The van der Waals surface area contributed by atoms with Crippen molar-refractivity contribution in [3.63, 3.8) is 0 Å². The fraction of sp³-hybridized carbons (Fsp3) is 0.714. The third kappa shape index (κ3) is 5.13. The normalized spacial score (nSPS) is 14.8. The average molecular weight is 258 g/mol. The SMILES string of the molecule is CCCNC(CC(C)CCC)c1ccc(Cl)o1. The molecule has 3 heteroatoms. The summed E-state index contributed by atoms with van der Waals surface area (Å²) in [4.78, 5) is 0. The lowest BCUT2D eigenvalue weighted by molar-refractivity contribution is 0.341. The standard InChI is InChI=1S/C14H24ClNO/c1-4-6-11(3)10-12(16-9-5-2)13-7-8-14(15)17-13/h7-8,11-12,16H,4-6,9-10H2,1-3H3. The molecule has 1 N–H and O–H groups in total. The van der Waals surface area contributed by atoms with Gasteiger partial charge in [-0.3, -0.25) is 0 Å². The van der Waals surface area contributed by atoms with Crippen LogP contribution in [0.5, 0.6) is 0 Å². The number of halogens is 1. The Balaban J connectivity index is 2.60. The maximum absolute atomic E-state index is 5.84. The van der Waals surface area contributed by atoms with Crippen LogP contribution in [-0.2, 0) is 0 Å². The lowest BCUT2D eigenvalue weighted by Crippen LogP contribution is -2.23. The van der Waals surface area contributed by atoms with Gasteiger partial charge >= 0.3 is 0 Å². The fourth-order valence-corrected chi connectivity index (χ4v) is 2.30. The molecular weight excluding hydrogens is 234 g/mol. The minimum atomic E-state index is 0.295. The number of nitrogens with one attached hydrogen (secondary N) is 1. The third-order valence-electron chi connectivity index (χ3n) is 3.00. The van der Waals surface area contributed by atoms with Gasteiger partial charge in [-0.1, -0.05) is 33.6 Å².